The Bertz CT molecular complexity index is 527. The number of fused-ring (bicyclic) bond motifs is 1. The van der Waals surface area contributed by atoms with Crippen LogP contribution in [0.5, 0.6) is 0 Å². The van der Waals surface area contributed by atoms with Crippen molar-refractivity contribution in [1.82, 2.24) is 9.80 Å². The number of ether oxygens (including phenoxy) is 1. The third-order valence-electron chi connectivity index (χ3n) is 10.00. The molecule has 2 aliphatic carbocycles. The van der Waals surface area contributed by atoms with Crippen LogP contribution in [0.3, 0.4) is 0 Å². The molecule has 2 saturated carbocycles. The van der Waals surface area contributed by atoms with Gasteiger partial charge in [0.15, 0.2) is 0 Å². The summed E-state index contributed by atoms with van der Waals surface area (Å²) in [4.78, 5) is 5.05. The second kappa shape index (κ2) is 9.17. The van der Waals surface area contributed by atoms with Crippen LogP contribution < -0.4 is 0 Å². The first-order valence-electron chi connectivity index (χ1n) is 12.6. The summed E-state index contributed by atoms with van der Waals surface area (Å²) >= 11 is 0. The smallest absolute Gasteiger partial charge is 0.0503 e. The van der Waals surface area contributed by atoms with Crippen molar-refractivity contribution in [2.75, 3.05) is 53.0 Å². The SMILES string of the molecule is CC(COCCC1C(C)CCC2(C)C(C)(C)CCCC12C)CN1CCN(C)CC1. The lowest BCUT2D eigenvalue weighted by Crippen LogP contribution is -2.58. The molecule has 0 amide bonds. The Morgan fingerprint density at radius 2 is 1.69 bits per heavy atom. The average Bonchev–Trinajstić information content (AvgIpc) is 2.65. The Labute approximate surface area is 181 Å². The van der Waals surface area contributed by atoms with E-state index in [-0.39, 0.29) is 0 Å². The van der Waals surface area contributed by atoms with Gasteiger partial charge in [0.2, 0.25) is 0 Å². The fourth-order valence-corrected chi connectivity index (χ4v) is 7.41. The van der Waals surface area contributed by atoms with Gasteiger partial charge in [0.25, 0.3) is 0 Å². The number of hydrogen-bond donors (Lipinski definition) is 0. The number of hydrogen-bond acceptors (Lipinski definition) is 3. The van der Waals surface area contributed by atoms with E-state index < -0.39 is 0 Å². The molecule has 5 atom stereocenters. The normalized spacial score (nSPS) is 39.8. The van der Waals surface area contributed by atoms with Crippen molar-refractivity contribution >= 4 is 0 Å². The minimum Gasteiger partial charge on any atom is -0.381 e. The highest BCUT2D eigenvalue weighted by Crippen LogP contribution is 2.69. The standard InChI is InChI=1S/C26H50N2O/c1-21(19-28-16-14-27(7)15-17-28)20-29-18-10-23-22(2)9-13-26(6)24(3,4)11-8-12-25(23,26)5/h21-23H,8-20H2,1-7H3. The van der Waals surface area contributed by atoms with Gasteiger partial charge in [-0.1, -0.05) is 48.0 Å². The zero-order chi connectivity index (χ0) is 21.3. The van der Waals surface area contributed by atoms with E-state index in [0.717, 1.165) is 25.0 Å². The maximum absolute atomic E-state index is 6.28. The molecule has 0 N–H and O–H groups in total. The summed E-state index contributed by atoms with van der Waals surface area (Å²) in [6.45, 7) is 23.2. The summed E-state index contributed by atoms with van der Waals surface area (Å²) in [7, 11) is 2.23. The highest BCUT2D eigenvalue weighted by Gasteiger charge is 2.60. The molecular weight excluding hydrogens is 356 g/mol. The number of likely N-dealkylation sites (N-methyl/N-ethyl adjacent to an activating group) is 1. The molecule has 3 rings (SSSR count). The first-order chi connectivity index (χ1) is 13.6. The molecule has 1 saturated heterocycles. The van der Waals surface area contributed by atoms with Crippen LogP contribution in [0, 0.1) is 34.0 Å². The summed E-state index contributed by atoms with van der Waals surface area (Å²) in [5, 5.41) is 0. The van der Waals surface area contributed by atoms with Crippen LogP contribution in [0.25, 0.3) is 0 Å². The van der Waals surface area contributed by atoms with E-state index in [0.29, 0.717) is 22.2 Å². The third-order valence-corrected chi connectivity index (χ3v) is 10.00. The lowest BCUT2D eigenvalue weighted by Gasteiger charge is -2.66. The van der Waals surface area contributed by atoms with E-state index in [1.54, 1.807) is 0 Å². The van der Waals surface area contributed by atoms with Gasteiger partial charge in [0.05, 0.1) is 6.61 Å². The van der Waals surface area contributed by atoms with Crippen molar-refractivity contribution < 1.29 is 4.74 Å². The van der Waals surface area contributed by atoms with E-state index in [4.69, 9.17) is 4.74 Å². The zero-order valence-corrected chi connectivity index (χ0v) is 20.7. The van der Waals surface area contributed by atoms with Gasteiger partial charge in [-0.3, -0.25) is 0 Å². The summed E-state index contributed by atoms with van der Waals surface area (Å²) in [5.41, 5.74) is 1.42. The molecule has 0 spiro atoms. The summed E-state index contributed by atoms with van der Waals surface area (Å²) in [6, 6.07) is 0. The highest BCUT2D eigenvalue weighted by atomic mass is 16.5. The highest BCUT2D eigenvalue weighted by molar-refractivity contribution is 5.09. The van der Waals surface area contributed by atoms with E-state index in [1.807, 2.05) is 0 Å². The molecule has 1 heterocycles. The van der Waals surface area contributed by atoms with Crippen LogP contribution in [-0.2, 0) is 4.74 Å². The molecule has 0 aromatic carbocycles. The minimum absolute atomic E-state index is 0.469. The van der Waals surface area contributed by atoms with Gasteiger partial charge in [0, 0.05) is 39.3 Å². The predicted molar refractivity (Wildman–Crippen MR) is 124 cm³/mol. The quantitative estimate of drug-likeness (QED) is 0.516. The van der Waals surface area contributed by atoms with Gasteiger partial charge < -0.3 is 14.5 Å². The molecule has 3 fully saturated rings. The zero-order valence-electron chi connectivity index (χ0n) is 20.7. The molecule has 3 aliphatic rings. The Kier molecular flexibility index (Phi) is 7.44. The van der Waals surface area contributed by atoms with E-state index >= 15 is 0 Å². The first-order valence-corrected chi connectivity index (χ1v) is 12.6. The minimum atomic E-state index is 0.469. The third kappa shape index (κ3) is 4.72. The van der Waals surface area contributed by atoms with Gasteiger partial charge in [-0.15, -0.1) is 0 Å². The Balaban J connectivity index is 1.49. The number of nitrogens with zero attached hydrogens (tertiary/aromatic N) is 2. The van der Waals surface area contributed by atoms with Crippen LogP contribution in [0.1, 0.15) is 80.1 Å². The van der Waals surface area contributed by atoms with E-state index in [9.17, 15) is 0 Å². The molecule has 0 aromatic rings. The molecule has 5 unspecified atom stereocenters. The molecule has 3 nitrogen and oxygen atoms in total. The van der Waals surface area contributed by atoms with Gasteiger partial charge in [0.1, 0.15) is 0 Å². The van der Waals surface area contributed by atoms with Gasteiger partial charge in [-0.2, -0.15) is 0 Å². The maximum atomic E-state index is 6.28. The van der Waals surface area contributed by atoms with Crippen LogP contribution in [0.2, 0.25) is 0 Å². The molecule has 0 radical (unpaired) electrons. The largest absolute Gasteiger partial charge is 0.381 e. The van der Waals surface area contributed by atoms with Crippen molar-refractivity contribution in [3.8, 4) is 0 Å². The second-order valence-electron chi connectivity index (χ2n) is 12.2. The molecule has 0 bridgehead atoms. The Hall–Kier alpha value is -0.120. The molecule has 3 heteroatoms. The monoisotopic (exact) mass is 406 g/mol. The fraction of sp³-hybridized carbons (Fsp3) is 1.00. The maximum Gasteiger partial charge on any atom is 0.0503 e. The van der Waals surface area contributed by atoms with Crippen molar-refractivity contribution in [2.24, 2.45) is 34.0 Å². The topological polar surface area (TPSA) is 15.7 Å². The summed E-state index contributed by atoms with van der Waals surface area (Å²) in [6.07, 6.45) is 8.30. The van der Waals surface area contributed by atoms with Crippen molar-refractivity contribution in [1.29, 1.82) is 0 Å². The predicted octanol–water partition coefficient (Wildman–Crippen LogP) is 5.55. The van der Waals surface area contributed by atoms with Gasteiger partial charge >= 0.3 is 0 Å². The molecule has 170 valence electrons. The second-order valence-corrected chi connectivity index (χ2v) is 12.2. The van der Waals surface area contributed by atoms with Gasteiger partial charge in [-0.05, 0) is 73.2 Å². The number of piperazine rings is 1. The lowest BCUT2D eigenvalue weighted by molar-refractivity contribution is -0.172. The summed E-state index contributed by atoms with van der Waals surface area (Å²) < 4.78 is 6.28. The molecular formula is C26H50N2O. The van der Waals surface area contributed by atoms with Crippen molar-refractivity contribution in [3.05, 3.63) is 0 Å². The van der Waals surface area contributed by atoms with Crippen LogP contribution in [0.15, 0.2) is 0 Å². The Morgan fingerprint density at radius 3 is 2.38 bits per heavy atom. The van der Waals surface area contributed by atoms with Crippen molar-refractivity contribution in [2.45, 2.75) is 80.1 Å². The van der Waals surface area contributed by atoms with E-state index in [1.165, 1.54) is 71.2 Å². The van der Waals surface area contributed by atoms with Crippen molar-refractivity contribution in [3.63, 3.8) is 0 Å². The lowest BCUT2D eigenvalue weighted by atomic mass is 9.39. The average molecular weight is 407 g/mol. The van der Waals surface area contributed by atoms with Gasteiger partial charge in [-0.25, -0.2) is 0 Å². The van der Waals surface area contributed by atoms with Crippen LogP contribution >= 0.6 is 0 Å². The molecule has 1 aliphatic heterocycles. The summed E-state index contributed by atoms with van der Waals surface area (Å²) in [5.74, 6) is 2.29. The number of rotatable bonds is 7. The first kappa shape index (κ1) is 23.5. The van der Waals surface area contributed by atoms with Crippen LogP contribution in [-0.4, -0.2) is 62.8 Å². The van der Waals surface area contributed by atoms with E-state index in [2.05, 4.69) is 58.4 Å². The fourth-order valence-electron chi connectivity index (χ4n) is 7.41. The molecule has 0 aromatic heterocycles. The Morgan fingerprint density at radius 1 is 1.00 bits per heavy atom. The molecule has 29 heavy (non-hydrogen) atoms. The van der Waals surface area contributed by atoms with Crippen LogP contribution in [0.4, 0.5) is 0 Å².